The molecule has 8 heteroatoms. The fourth-order valence-corrected chi connectivity index (χ4v) is 4.69. The zero-order valence-electron chi connectivity index (χ0n) is 16.9. The second-order valence-corrected chi connectivity index (χ2v) is 8.30. The van der Waals surface area contributed by atoms with Gasteiger partial charge in [0.15, 0.2) is 0 Å². The van der Waals surface area contributed by atoms with E-state index in [1.807, 2.05) is 36.0 Å². The zero-order chi connectivity index (χ0) is 20.7. The Morgan fingerprint density at radius 3 is 2.62 bits per heavy atom. The van der Waals surface area contributed by atoms with Crippen molar-refractivity contribution < 1.29 is 14.1 Å². The van der Waals surface area contributed by atoms with E-state index < -0.39 is 5.56 Å². The number of aromatic amines is 1. The molecule has 0 unspecified atom stereocenters. The standard InChI is InChI=1S/C21H26N4O4/c1-13-6-4-5-7-15(13)20-16-11-24(21(28)17-8-18(26)22-29-17)9-14(16)10-25(20)19(27)12-23(2)3/h4-8,14,16,20H,9-12H2,1-3H3,(H,22,26)/t14-,16-,20+/m1/s1. The Labute approximate surface area is 169 Å². The average Bonchev–Trinajstić information content (AvgIpc) is 3.35. The van der Waals surface area contributed by atoms with Crippen LogP contribution in [0, 0.1) is 18.8 Å². The number of benzene rings is 1. The lowest BCUT2D eigenvalue weighted by Crippen LogP contribution is -2.41. The number of likely N-dealkylation sites (tertiary alicyclic amines) is 2. The monoisotopic (exact) mass is 398 g/mol. The molecule has 29 heavy (non-hydrogen) atoms. The van der Waals surface area contributed by atoms with Crippen LogP contribution >= 0.6 is 0 Å². The first-order chi connectivity index (χ1) is 13.8. The van der Waals surface area contributed by atoms with E-state index in [1.54, 1.807) is 4.90 Å². The number of likely N-dealkylation sites (N-methyl/N-ethyl adjacent to an activating group) is 1. The number of fused-ring (bicyclic) bond motifs is 1. The molecule has 154 valence electrons. The molecule has 2 saturated heterocycles. The van der Waals surface area contributed by atoms with E-state index in [0.717, 1.165) is 11.1 Å². The smallest absolute Gasteiger partial charge is 0.292 e. The van der Waals surface area contributed by atoms with Gasteiger partial charge in [-0.2, -0.15) is 5.16 Å². The molecule has 8 nitrogen and oxygen atoms in total. The van der Waals surface area contributed by atoms with Gasteiger partial charge in [-0.25, -0.2) is 0 Å². The minimum Gasteiger partial charge on any atom is -0.373 e. The number of aryl methyl sites for hydroxylation is 1. The Balaban J connectivity index is 1.62. The van der Waals surface area contributed by atoms with Gasteiger partial charge >= 0.3 is 0 Å². The molecular formula is C21H26N4O4. The Morgan fingerprint density at radius 2 is 1.97 bits per heavy atom. The van der Waals surface area contributed by atoms with Crippen molar-refractivity contribution in [1.82, 2.24) is 19.9 Å². The average molecular weight is 398 g/mol. The quantitative estimate of drug-likeness (QED) is 0.833. The van der Waals surface area contributed by atoms with Crippen LogP contribution in [0.15, 0.2) is 39.6 Å². The summed E-state index contributed by atoms with van der Waals surface area (Å²) in [6, 6.07) is 9.25. The van der Waals surface area contributed by atoms with Crippen molar-refractivity contribution in [2.75, 3.05) is 40.3 Å². The number of hydrogen-bond acceptors (Lipinski definition) is 5. The lowest BCUT2D eigenvalue weighted by Gasteiger charge is -2.31. The predicted molar refractivity (Wildman–Crippen MR) is 106 cm³/mol. The van der Waals surface area contributed by atoms with Gasteiger partial charge in [-0.1, -0.05) is 24.3 Å². The fourth-order valence-electron chi connectivity index (χ4n) is 4.69. The molecule has 0 saturated carbocycles. The molecule has 2 aromatic rings. The minimum atomic E-state index is -0.425. The number of aromatic nitrogens is 1. The zero-order valence-corrected chi connectivity index (χ0v) is 16.9. The van der Waals surface area contributed by atoms with Crippen LogP contribution < -0.4 is 5.56 Å². The summed E-state index contributed by atoms with van der Waals surface area (Å²) in [4.78, 5) is 42.6. The highest BCUT2D eigenvalue weighted by atomic mass is 16.5. The molecule has 3 heterocycles. The topological polar surface area (TPSA) is 89.9 Å². The summed E-state index contributed by atoms with van der Waals surface area (Å²) in [7, 11) is 3.78. The lowest BCUT2D eigenvalue weighted by atomic mass is 9.87. The molecule has 1 N–H and O–H groups in total. The minimum absolute atomic E-state index is 0.0305. The third kappa shape index (κ3) is 3.60. The van der Waals surface area contributed by atoms with E-state index in [-0.39, 0.29) is 35.5 Å². The van der Waals surface area contributed by atoms with Crippen molar-refractivity contribution >= 4 is 11.8 Å². The van der Waals surface area contributed by atoms with Gasteiger partial charge in [0.25, 0.3) is 11.5 Å². The Kier molecular flexibility index (Phi) is 5.04. The van der Waals surface area contributed by atoms with Gasteiger partial charge in [0.05, 0.1) is 18.7 Å². The molecule has 2 aliphatic heterocycles. The summed E-state index contributed by atoms with van der Waals surface area (Å²) in [6.07, 6.45) is 0. The molecule has 2 aliphatic rings. The molecule has 1 aromatic heterocycles. The van der Waals surface area contributed by atoms with Crippen molar-refractivity contribution in [2.45, 2.75) is 13.0 Å². The highest BCUT2D eigenvalue weighted by Gasteiger charge is 2.50. The summed E-state index contributed by atoms with van der Waals surface area (Å²) in [6.45, 7) is 4.12. The molecule has 1 aromatic carbocycles. The van der Waals surface area contributed by atoms with Gasteiger partial charge in [0.2, 0.25) is 11.7 Å². The number of nitrogens with zero attached hydrogens (tertiary/aromatic N) is 3. The van der Waals surface area contributed by atoms with Crippen molar-refractivity contribution in [2.24, 2.45) is 11.8 Å². The van der Waals surface area contributed by atoms with Crippen LogP contribution in [-0.2, 0) is 4.79 Å². The molecule has 2 fully saturated rings. The predicted octanol–water partition coefficient (Wildman–Crippen LogP) is 1.11. The van der Waals surface area contributed by atoms with E-state index in [0.29, 0.717) is 26.2 Å². The van der Waals surface area contributed by atoms with E-state index in [4.69, 9.17) is 4.52 Å². The molecular weight excluding hydrogens is 372 g/mol. The number of amides is 2. The van der Waals surface area contributed by atoms with Crippen LogP contribution in [0.3, 0.4) is 0 Å². The summed E-state index contributed by atoms with van der Waals surface area (Å²) in [5, 5.41) is 2.17. The van der Waals surface area contributed by atoms with Crippen LogP contribution in [-0.4, -0.2) is 71.9 Å². The summed E-state index contributed by atoms with van der Waals surface area (Å²) >= 11 is 0. The number of nitrogens with one attached hydrogen (secondary N) is 1. The van der Waals surface area contributed by atoms with Gasteiger partial charge < -0.3 is 19.2 Å². The molecule has 2 amide bonds. The van der Waals surface area contributed by atoms with Crippen LogP contribution in [0.1, 0.15) is 27.7 Å². The Morgan fingerprint density at radius 1 is 1.21 bits per heavy atom. The highest BCUT2D eigenvalue weighted by molar-refractivity contribution is 5.91. The summed E-state index contributed by atoms with van der Waals surface area (Å²) < 4.78 is 5.00. The van der Waals surface area contributed by atoms with E-state index >= 15 is 0 Å². The van der Waals surface area contributed by atoms with Crippen molar-refractivity contribution in [1.29, 1.82) is 0 Å². The third-order valence-electron chi connectivity index (χ3n) is 5.96. The highest BCUT2D eigenvalue weighted by Crippen LogP contribution is 2.46. The Hall–Kier alpha value is -2.87. The maximum absolute atomic E-state index is 13.0. The summed E-state index contributed by atoms with van der Waals surface area (Å²) in [5.41, 5.74) is 1.85. The van der Waals surface area contributed by atoms with Gasteiger partial charge in [0.1, 0.15) is 0 Å². The van der Waals surface area contributed by atoms with Gasteiger partial charge in [-0.05, 0) is 32.1 Å². The number of carbonyl (C=O) groups is 2. The second kappa shape index (κ2) is 7.51. The lowest BCUT2D eigenvalue weighted by molar-refractivity contribution is -0.133. The first kappa shape index (κ1) is 19.4. The number of carbonyl (C=O) groups excluding carboxylic acids is 2. The molecule has 0 spiro atoms. The van der Waals surface area contributed by atoms with Gasteiger partial charge in [0, 0.05) is 31.5 Å². The number of hydrogen-bond donors (Lipinski definition) is 1. The van der Waals surface area contributed by atoms with Crippen LogP contribution in [0.25, 0.3) is 0 Å². The molecule has 0 radical (unpaired) electrons. The molecule has 3 atom stereocenters. The summed E-state index contributed by atoms with van der Waals surface area (Å²) in [5.74, 6) is 0.194. The third-order valence-corrected chi connectivity index (χ3v) is 5.96. The van der Waals surface area contributed by atoms with Gasteiger partial charge in [-0.3, -0.25) is 14.4 Å². The number of H-pyrrole nitrogens is 1. The van der Waals surface area contributed by atoms with Gasteiger partial charge in [-0.15, -0.1) is 0 Å². The molecule has 0 aliphatic carbocycles. The van der Waals surface area contributed by atoms with E-state index in [2.05, 4.69) is 24.2 Å². The van der Waals surface area contributed by atoms with Crippen molar-refractivity contribution in [3.63, 3.8) is 0 Å². The maximum Gasteiger partial charge on any atom is 0.292 e. The fraction of sp³-hybridized carbons (Fsp3) is 0.476. The normalized spacial score (nSPS) is 23.7. The van der Waals surface area contributed by atoms with Crippen LogP contribution in [0.4, 0.5) is 0 Å². The van der Waals surface area contributed by atoms with Crippen molar-refractivity contribution in [3.8, 4) is 0 Å². The first-order valence-electron chi connectivity index (χ1n) is 9.82. The molecule has 4 rings (SSSR count). The number of rotatable bonds is 4. The second-order valence-electron chi connectivity index (χ2n) is 8.30. The van der Waals surface area contributed by atoms with Crippen LogP contribution in [0.2, 0.25) is 0 Å². The maximum atomic E-state index is 13.0. The van der Waals surface area contributed by atoms with E-state index in [9.17, 15) is 14.4 Å². The Bertz CT molecular complexity index is 979. The SMILES string of the molecule is Cc1ccccc1[C@H]1[C@@H]2CN(C(=O)c3cc(=O)[nH]o3)C[C@@H]2CN1C(=O)CN(C)C. The van der Waals surface area contributed by atoms with E-state index in [1.165, 1.54) is 6.07 Å². The largest absolute Gasteiger partial charge is 0.373 e. The first-order valence-corrected chi connectivity index (χ1v) is 9.82. The van der Waals surface area contributed by atoms with Crippen molar-refractivity contribution in [3.05, 3.63) is 57.6 Å². The molecule has 0 bridgehead atoms. The van der Waals surface area contributed by atoms with Crippen LogP contribution in [0.5, 0.6) is 0 Å².